The van der Waals surface area contributed by atoms with Crippen molar-refractivity contribution >= 4 is 34.0 Å². The summed E-state index contributed by atoms with van der Waals surface area (Å²) in [7, 11) is 0. The number of thiocarbonyl (C=S) groups is 1. The summed E-state index contributed by atoms with van der Waals surface area (Å²) in [6, 6.07) is 7.16. The molecule has 5 heteroatoms. The largest absolute Gasteiger partial charge is 0.423 e. The quantitative estimate of drug-likeness (QED) is 0.628. The average molecular weight is 346 g/mol. The highest BCUT2D eigenvalue weighted by Crippen LogP contribution is 2.27. The molecule has 0 fully saturated rings. The van der Waals surface area contributed by atoms with Crippen LogP contribution in [0.2, 0.25) is 0 Å². The molecule has 0 bridgehead atoms. The van der Waals surface area contributed by atoms with Crippen LogP contribution < -0.4 is 16.3 Å². The van der Waals surface area contributed by atoms with Gasteiger partial charge in [0.15, 0.2) is 5.11 Å². The van der Waals surface area contributed by atoms with Crippen molar-refractivity contribution in [3.05, 3.63) is 40.2 Å². The van der Waals surface area contributed by atoms with Crippen molar-refractivity contribution < 1.29 is 4.42 Å². The summed E-state index contributed by atoms with van der Waals surface area (Å²) in [5, 5.41) is 8.01. The molecule has 130 valence electrons. The van der Waals surface area contributed by atoms with Crippen LogP contribution >= 0.6 is 12.2 Å². The predicted molar refractivity (Wildman–Crippen MR) is 105 cm³/mol. The Labute approximate surface area is 148 Å². The van der Waals surface area contributed by atoms with Crippen LogP contribution in [-0.4, -0.2) is 10.7 Å². The molecule has 0 saturated heterocycles. The highest BCUT2D eigenvalue weighted by atomic mass is 32.1. The number of rotatable bonds is 3. The molecule has 24 heavy (non-hydrogen) atoms. The van der Waals surface area contributed by atoms with Crippen LogP contribution in [0.5, 0.6) is 0 Å². The first-order valence-electron chi connectivity index (χ1n) is 8.09. The molecule has 4 nitrogen and oxygen atoms in total. The fourth-order valence-electron chi connectivity index (χ4n) is 3.24. The molecule has 1 heterocycles. The molecule has 2 aromatic rings. The van der Waals surface area contributed by atoms with Crippen molar-refractivity contribution in [2.75, 3.05) is 5.32 Å². The van der Waals surface area contributed by atoms with Gasteiger partial charge >= 0.3 is 5.63 Å². The third kappa shape index (κ3) is 5.06. The van der Waals surface area contributed by atoms with Gasteiger partial charge in [-0.05, 0) is 62.5 Å². The Kier molecular flexibility index (Phi) is 5.04. The molecule has 0 saturated carbocycles. The summed E-state index contributed by atoms with van der Waals surface area (Å²) in [5.74, 6) is 0. The van der Waals surface area contributed by atoms with E-state index in [4.69, 9.17) is 16.6 Å². The smallest absolute Gasteiger partial charge is 0.336 e. The molecule has 1 aromatic heterocycles. The van der Waals surface area contributed by atoms with Crippen LogP contribution in [0.15, 0.2) is 33.5 Å². The number of hydrogen-bond acceptors (Lipinski definition) is 3. The third-order valence-corrected chi connectivity index (χ3v) is 3.84. The molecule has 2 N–H and O–H groups in total. The topological polar surface area (TPSA) is 54.3 Å². The van der Waals surface area contributed by atoms with Gasteiger partial charge in [-0.15, -0.1) is 0 Å². The Morgan fingerprint density at radius 3 is 2.46 bits per heavy atom. The molecule has 0 aliphatic heterocycles. The van der Waals surface area contributed by atoms with Crippen molar-refractivity contribution in [2.45, 2.75) is 53.5 Å². The minimum atomic E-state index is -0.343. The van der Waals surface area contributed by atoms with E-state index in [9.17, 15) is 4.79 Å². The highest BCUT2D eigenvalue weighted by molar-refractivity contribution is 7.80. The molecular formula is C19H26N2O2S. The van der Waals surface area contributed by atoms with Crippen LogP contribution in [0, 0.1) is 12.3 Å². The molecule has 0 aliphatic rings. The molecule has 0 aliphatic carbocycles. The zero-order valence-corrected chi connectivity index (χ0v) is 16.1. The second kappa shape index (κ2) is 6.55. The number of aryl methyl sites for hydroxylation is 1. The fraction of sp³-hybridized carbons (Fsp3) is 0.474. The maximum atomic E-state index is 11.5. The van der Waals surface area contributed by atoms with Gasteiger partial charge in [0.2, 0.25) is 0 Å². The fourth-order valence-corrected chi connectivity index (χ4v) is 3.64. The van der Waals surface area contributed by atoms with Crippen LogP contribution in [0.25, 0.3) is 11.0 Å². The SMILES string of the molecule is Cc1cc(=O)oc2cc(NC(=S)NC(C)(C)CC(C)(C)C)ccc12. The van der Waals surface area contributed by atoms with E-state index in [1.165, 1.54) is 6.07 Å². The van der Waals surface area contributed by atoms with E-state index < -0.39 is 0 Å². The zero-order valence-electron chi connectivity index (χ0n) is 15.2. The molecular weight excluding hydrogens is 320 g/mol. The Morgan fingerprint density at radius 1 is 1.17 bits per heavy atom. The second-order valence-corrected chi connectivity index (χ2v) is 8.57. The van der Waals surface area contributed by atoms with Gasteiger partial charge in [0.25, 0.3) is 0 Å². The van der Waals surface area contributed by atoms with Gasteiger partial charge in [-0.2, -0.15) is 0 Å². The molecule has 0 spiro atoms. The van der Waals surface area contributed by atoms with E-state index in [1.807, 2.05) is 19.1 Å². The van der Waals surface area contributed by atoms with Crippen molar-refractivity contribution in [1.29, 1.82) is 0 Å². The van der Waals surface area contributed by atoms with Gasteiger partial charge in [-0.3, -0.25) is 0 Å². The monoisotopic (exact) mass is 346 g/mol. The van der Waals surface area contributed by atoms with Gasteiger partial charge in [-0.1, -0.05) is 20.8 Å². The number of benzene rings is 1. The molecule has 0 amide bonds. The van der Waals surface area contributed by atoms with Gasteiger partial charge < -0.3 is 15.1 Å². The number of anilines is 1. The number of fused-ring (bicyclic) bond motifs is 1. The van der Waals surface area contributed by atoms with Crippen LogP contribution in [-0.2, 0) is 0 Å². The van der Waals surface area contributed by atoms with E-state index >= 15 is 0 Å². The average Bonchev–Trinajstić information content (AvgIpc) is 2.33. The van der Waals surface area contributed by atoms with E-state index in [0.717, 1.165) is 23.1 Å². The normalized spacial score (nSPS) is 12.2. The summed E-state index contributed by atoms with van der Waals surface area (Å²) in [5.41, 5.74) is 1.99. The van der Waals surface area contributed by atoms with Crippen LogP contribution in [0.3, 0.4) is 0 Å². The van der Waals surface area contributed by atoms with Crippen LogP contribution in [0.4, 0.5) is 5.69 Å². The summed E-state index contributed by atoms with van der Waals surface area (Å²) in [6.45, 7) is 12.8. The van der Waals surface area contributed by atoms with E-state index in [-0.39, 0.29) is 16.6 Å². The minimum Gasteiger partial charge on any atom is -0.423 e. The summed E-state index contributed by atoms with van der Waals surface area (Å²) in [4.78, 5) is 11.5. The molecule has 1 aromatic carbocycles. The number of hydrogen-bond donors (Lipinski definition) is 2. The van der Waals surface area contributed by atoms with Gasteiger partial charge in [0.1, 0.15) is 5.58 Å². The van der Waals surface area contributed by atoms with Crippen molar-refractivity contribution in [1.82, 2.24) is 5.32 Å². The summed E-state index contributed by atoms with van der Waals surface area (Å²) < 4.78 is 5.27. The molecule has 0 atom stereocenters. The first-order valence-corrected chi connectivity index (χ1v) is 8.50. The first kappa shape index (κ1) is 18.5. The van der Waals surface area contributed by atoms with Crippen molar-refractivity contribution in [2.24, 2.45) is 5.41 Å². The van der Waals surface area contributed by atoms with Crippen molar-refractivity contribution in [3.8, 4) is 0 Å². The molecule has 0 unspecified atom stereocenters. The van der Waals surface area contributed by atoms with E-state index in [0.29, 0.717) is 10.7 Å². The zero-order chi connectivity index (χ0) is 18.1. The Morgan fingerprint density at radius 2 is 1.83 bits per heavy atom. The lowest BCUT2D eigenvalue weighted by molar-refractivity contribution is 0.268. The van der Waals surface area contributed by atoms with Gasteiger partial charge in [-0.25, -0.2) is 4.79 Å². The van der Waals surface area contributed by atoms with Crippen molar-refractivity contribution in [3.63, 3.8) is 0 Å². The Bertz CT molecular complexity index is 816. The maximum Gasteiger partial charge on any atom is 0.336 e. The Balaban J connectivity index is 2.15. The Hall–Kier alpha value is -1.88. The lowest BCUT2D eigenvalue weighted by Gasteiger charge is -2.34. The summed E-state index contributed by atoms with van der Waals surface area (Å²) in [6.07, 6.45) is 0.980. The second-order valence-electron chi connectivity index (χ2n) is 8.16. The third-order valence-electron chi connectivity index (χ3n) is 3.63. The summed E-state index contributed by atoms with van der Waals surface area (Å²) >= 11 is 5.43. The van der Waals surface area contributed by atoms with Gasteiger partial charge in [0, 0.05) is 28.7 Å². The van der Waals surface area contributed by atoms with Crippen LogP contribution in [0.1, 0.15) is 46.6 Å². The maximum absolute atomic E-state index is 11.5. The predicted octanol–water partition coefficient (Wildman–Crippen LogP) is 4.60. The van der Waals surface area contributed by atoms with Gasteiger partial charge in [0.05, 0.1) is 0 Å². The first-order chi connectivity index (χ1) is 11.0. The minimum absolute atomic E-state index is 0.123. The lowest BCUT2D eigenvalue weighted by Crippen LogP contribution is -2.47. The highest BCUT2D eigenvalue weighted by Gasteiger charge is 2.26. The van der Waals surface area contributed by atoms with E-state index in [1.54, 1.807) is 6.07 Å². The molecule has 0 radical (unpaired) electrons. The number of nitrogens with one attached hydrogen (secondary N) is 2. The standard InChI is InChI=1S/C19H26N2O2S/c1-12-9-16(22)23-15-10-13(7-8-14(12)15)20-17(24)21-19(5,6)11-18(2,3)4/h7-10H,11H2,1-6H3,(H2,20,21,24). The van der Waals surface area contributed by atoms with E-state index in [2.05, 4.69) is 45.3 Å². The lowest BCUT2D eigenvalue weighted by atomic mass is 9.82. The molecule has 2 rings (SSSR count).